The number of rotatable bonds is 6. The van der Waals surface area contributed by atoms with Gasteiger partial charge in [0.2, 0.25) is 11.2 Å². The molecule has 3 rings (SSSR count). The Morgan fingerprint density at radius 2 is 1.61 bits per heavy atom. The highest BCUT2D eigenvalue weighted by atomic mass is 19.1. The average molecular weight is 454 g/mol. The summed E-state index contributed by atoms with van der Waals surface area (Å²) in [5.74, 6) is -2.32. The van der Waals surface area contributed by atoms with Crippen molar-refractivity contribution in [2.24, 2.45) is 0 Å². The molecule has 3 N–H and O–H groups in total. The highest BCUT2D eigenvalue weighted by Gasteiger charge is 2.26. The Balaban J connectivity index is 2.47. The van der Waals surface area contributed by atoms with E-state index in [0.29, 0.717) is 5.56 Å². The van der Waals surface area contributed by atoms with E-state index in [-0.39, 0.29) is 52.2 Å². The van der Waals surface area contributed by atoms with Crippen molar-refractivity contribution >= 4 is 11.0 Å². The first-order valence-corrected chi connectivity index (χ1v) is 10.4. The van der Waals surface area contributed by atoms with Gasteiger partial charge in [-0.2, -0.15) is 0 Å². The minimum absolute atomic E-state index is 0.0160. The van der Waals surface area contributed by atoms with Gasteiger partial charge >= 0.3 is 0 Å². The smallest absolute Gasteiger partial charge is 0.239 e. The number of aromatic hydroxyl groups is 3. The molecule has 3 aromatic rings. The van der Waals surface area contributed by atoms with Gasteiger partial charge in [0.15, 0.2) is 17.3 Å². The lowest BCUT2D eigenvalue weighted by Gasteiger charge is -2.16. The van der Waals surface area contributed by atoms with Crippen LogP contribution in [0.2, 0.25) is 0 Å². The van der Waals surface area contributed by atoms with E-state index >= 15 is 0 Å². The van der Waals surface area contributed by atoms with Crippen LogP contribution in [0.4, 0.5) is 4.39 Å². The molecule has 0 unspecified atom stereocenters. The van der Waals surface area contributed by atoms with Crippen LogP contribution in [0, 0.1) is 5.82 Å². The van der Waals surface area contributed by atoms with Gasteiger partial charge in [0, 0.05) is 16.7 Å². The third kappa shape index (κ3) is 4.58. The van der Waals surface area contributed by atoms with Crippen molar-refractivity contribution in [2.45, 2.75) is 40.5 Å². The molecule has 0 spiro atoms. The van der Waals surface area contributed by atoms with Gasteiger partial charge < -0.3 is 24.5 Å². The van der Waals surface area contributed by atoms with E-state index in [2.05, 4.69) is 0 Å². The van der Waals surface area contributed by atoms with Gasteiger partial charge in [0.05, 0.1) is 7.11 Å². The summed E-state index contributed by atoms with van der Waals surface area (Å²) in [4.78, 5) is 13.4. The van der Waals surface area contributed by atoms with Gasteiger partial charge in [-0.25, -0.2) is 4.39 Å². The Morgan fingerprint density at radius 1 is 1.00 bits per heavy atom. The lowest BCUT2D eigenvalue weighted by molar-refractivity contribution is 0.396. The molecule has 0 fully saturated rings. The number of ether oxygens (including phenoxy) is 1. The second kappa shape index (κ2) is 9.40. The van der Waals surface area contributed by atoms with Crippen molar-refractivity contribution in [3.05, 3.63) is 68.7 Å². The molecule has 0 aliphatic carbocycles. The van der Waals surface area contributed by atoms with Gasteiger partial charge in [0.1, 0.15) is 22.5 Å². The van der Waals surface area contributed by atoms with Crippen LogP contribution in [0.3, 0.4) is 0 Å². The van der Waals surface area contributed by atoms with E-state index in [0.717, 1.165) is 23.3 Å². The van der Waals surface area contributed by atoms with Crippen molar-refractivity contribution < 1.29 is 28.9 Å². The zero-order valence-corrected chi connectivity index (χ0v) is 19.2. The number of allylic oxidation sites excluding steroid dienone is 4. The summed E-state index contributed by atoms with van der Waals surface area (Å²) in [6.45, 7) is 7.57. The zero-order valence-electron chi connectivity index (χ0n) is 19.2. The highest BCUT2D eigenvalue weighted by Crippen LogP contribution is 2.43. The average Bonchev–Trinajstić information content (AvgIpc) is 2.74. The topological polar surface area (TPSA) is 100 Å². The highest BCUT2D eigenvalue weighted by molar-refractivity contribution is 5.93. The van der Waals surface area contributed by atoms with E-state index in [1.54, 1.807) is 0 Å². The number of fused-ring (bicyclic) bond motifs is 1. The molecular weight excluding hydrogens is 427 g/mol. The number of phenolic OH excluding ortho intramolecular Hbond substituents is 3. The minimum atomic E-state index is -0.898. The molecule has 0 bridgehead atoms. The minimum Gasteiger partial charge on any atom is -0.507 e. The molecule has 1 aromatic heterocycles. The second-order valence-corrected chi connectivity index (χ2v) is 8.29. The Bertz CT molecular complexity index is 1340. The molecule has 33 heavy (non-hydrogen) atoms. The summed E-state index contributed by atoms with van der Waals surface area (Å²) in [7, 11) is 1.27. The largest absolute Gasteiger partial charge is 0.507 e. The molecule has 0 saturated carbocycles. The number of hydrogen-bond donors (Lipinski definition) is 3. The SMILES string of the molecule is COc1c(-c2ccc(O)c(F)c2)oc2c(CC=C(C)C)c(O)c(CC=C(C)C)c(O)c2c1=O. The predicted octanol–water partition coefficient (Wildman–Crippen LogP) is 5.74. The summed E-state index contributed by atoms with van der Waals surface area (Å²) < 4.78 is 25.3. The van der Waals surface area contributed by atoms with Crippen molar-refractivity contribution in [1.82, 2.24) is 0 Å². The molecule has 0 saturated heterocycles. The fraction of sp³-hybridized carbons (Fsp3) is 0.269. The van der Waals surface area contributed by atoms with Crippen LogP contribution in [0.25, 0.3) is 22.3 Å². The van der Waals surface area contributed by atoms with E-state index < -0.39 is 22.7 Å². The molecule has 1 heterocycles. The number of halogens is 1. The van der Waals surface area contributed by atoms with Gasteiger partial charge in [-0.3, -0.25) is 4.79 Å². The predicted molar refractivity (Wildman–Crippen MR) is 126 cm³/mol. The van der Waals surface area contributed by atoms with Crippen LogP contribution in [-0.2, 0) is 12.8 Å². The van der Waals surface area contributed by atoms with Crippen LogP contribution in [0.1, 0.15) is 38.8 Å². The van der Waals surface area contributed by atoms with Crippen molar-refractivity contribution in [3.8, 4) is 34.3 Å². The normalized spacial score (nSPS) is 10.8. The van der Waals surface area contributed by atoms with Gasteiger partial charge in [-0.05, 0) is 58.7 Å². The Kier molecular flexibility index (Phi) is 6.81. The number of benzene rings is 2. The van der Waals surface area contributed by atoms with Crippen molar-refractivity contribution in [3.63, 3.8) is 0 Å². The molecule has 7 heteroatoms. The first-order valence-electron chi connectivity index (χ1n) is 10.4. The maximum atomic E-state index is 14.0. The lowest BCUT2D eigenvalue weighted by Crippen LogP contribution is -2.10. The monoisotopic (exact) mass is 454 g/mol. The van der Waals surface area contributed by atoms with Gasteiger partial charge in [0.25, 0.3) is 0 Å². The van der Waals surface area contributed by atoms with E-state index in [1.165, 1.54) is 13.2 Å². The fourth-order valence-electron chi connectivity index (χ4n) is 3.52. The summed E-state index contributed by atoms with van der Waals surface area (Å²) in [5, 5.41) is 31.4. The Morgan fingerprint density at radius 3 is 2.15 bits per heavy atom. The zero-order chi connectivity index (χ0) is 24.4. The first-order chi connectivity index (χ1) is 15.6. The summed E-state index contributed by atoms with van der Waals surface area (Å²) in [5.41, 5.74) is 1.98. The van der Waals surface area contributed by atoms with Crippen molar-refractivity contribution in [2.75, 3.05) is 7.11 Å². The lowest BCUT2D eigenvalue weighted by atomic mass is 9.96. The number of hydrogen-bond acceptors (Lipinski definition) is 6. The van der Waals surface area contributed by atoms with E-state index in [9.17, 15) is 24.5 Å². The molecule has 174 valence electrons. The van der Waals surface area contributed by atoms with E-state index in [4.69, 9.17) is 9.15 Å². The molecule has 0 radical (unpaired) electrons. The summed E-state index contributed by atoms with van der Waals surface area (Å²) in [6, 6.07) is 3.53. The van der Waals surface area contributed by atoms with Crippen LogP contribution in [0.5, 0.6) is 23.0 Å². The first kappa shape index (κ1) is 23.9. The molecule has 0 atom stereocenters. The Hall–Kier alpha value is -3.74. The third-order valence-corrected chi connectivity index (χ3v) is 5.28. The summed E-state index contributed by atoms with van der Waals surface area (Å²) >= 11 is 0. The molecule has 2 aromatic carbocycles. The third-order valence-electron chi connectivity index (χ3n) is 5.28. The van der Waals surface area contributed by atoms with Crippen LogP contribution in [0.15, 0.2) is 50.7 Å². The maximum Gasteiger partial charge on any atom is 0.239 e. The molecule has 0 aliphatic rings. The fourth-order valence-corrected chi connectivity index (χ4v) is 3.52. The van der Waals surface area contributed by atoms with Crippen LogP contribution < -0.4 is 10.2 Å². The molecule has 0 aliphatic heterocycles. The summed E-state index contributed by atoms with van der Waals surface area (Å²) in [6.07, 6.45) is 4.15. The molecular formula is C26H27FO6. The second-order valence-electron chi connectivity index (χ2n) is 8.29. The van der Waals surface area contributed by atoms with Gasteiger partial charge in [-0.1, -0.05) is 23.3 Å². The van der Waals surface area contributed by atoms with E-state index in [1.807, 2.05) is 39.8 Å². The number of methoxy groups -OCH3 is 1. The van der Waals surface area contributed by atoms with Crippen LogP contribution in [-0.4, -0.2) is 22.4 Å². The van der Waals surface area contributed by atoms with Crippen molar-refractivity contribution in [1.29, 1.82) is 0 Å². The number of phenols is 3. The quantitative estimate of drug-likeness (QED) is 0.411. The van der Waals surface area contributed by atoms with Gasteiger partial charge in [-0.15, -0.1) is 0 Å². The Labute approximate surface area is 190 Å². The molecule has 0 amide bonds. The molecule has 6 nitrogen and oxygen atoms in total. The standard InChI is InChI=1S/C26H27FO6/c1-13(2)6-9-16-21(29)17(10-7-14(3)4)25-20(22(16)30)23(31)26(32-5)24(33-25)15-8-11-19(28)18(27)12-15/h6-8,11-12,28-30H,9-10H2,1-5H3. The maximum absolute atomic E-state index is 14.0. The van der Waals surface area contributed by atoms with Crippen LogP contribution >= 0.6 is 0 Å².